The van der Waals surface area contributed by atoms with Crippen LogP contribution < -0.4 is 4.74 Å². The third kappa shape index (κ3) is 4.32. The molecule has 0 atom stereocenters. The van der Waals surface area contributed by atoms with Gasteiger partial charge in [0.15, 0.2) is 11.0 Å². The number of thioether (sulfide) groups is 1. The molecule has 6 heteroatoms. The van der Waals surface area contributed by atoms with E-state index < -0.39 is 0 Å². The van der Waals surface area contributed by atoms with Crippen molar-refractivity contribution in [3.05, 3.63) is 84.2 Å². The lowest BCUT2D eigenvalue weighted by molar-refractivity contribution is 0.414. The van der Waals surface area contributed by atoms with Gasteiger partial charge in [0.1, 0.15) is 5.75 Å². The fourth-order valence-corrected chi connectivity index (χ4v) is 4.06. The molecule has 2 aromatic heterocycles. The molecule has 0 aliphatic rings. The maximum Gasteiger partial charge on any atom is 0.196 e. The second-order valence-electron chi connectivity index (χ2n) is 6.62. The summed E-state index contributed by atoms with van der Waals surface area (Å²) < 4.78 is 7.36. The second-order valence-corrected chi connectivity index (χ2v) is 7.68. The minimum absolute atomic E-state index is 0.805. The number of hydrogen-bond donors (Lipinski definition) is 0. The van der Waals surface area contributed by atoms with Crippen molar-refractivity contribution in [2.45, 2.75) is 18.5 Å². The van der Waals surface area contributed by atoms with Crippen LogP contribution in [-0.4, -0.2) is 32.6 Å². The SMILES string of the molecule is COc1ccc(CCSc2nnc(-c3cccnc3)n2-c2ccccc2C)cc1. The van der Waals surface area contributed by atoms with Gasteiger partial charge >= 0.3 is 0 Å². The molecule has 4 aromatic rings. The van der Waals surface area contributed by atoms with Crippen LogP contribution in [0.5, 0.6) is 5.75 Å². The summed E-state index contributed by atoms with van der Waals surface area (Å²) in [6.45, 7) is 2.11. The maximum atomic E-state index is 5.23. The highest BCUT2D eigenvalue weighted by Crippen LogP contribution is 2.29. The fourth-order valence-electron chi connectivity index (χ4n) is 3.13. The number of pyridine rings is 1. The first-order chi connectivity index (χ1) is 14.3. The van der Waals surface area contributed by atoms with Crippen molar-refractivity contribution >= 4 is 11.8 Å². The summed E-state index contributed by atoms with van der Waals surface area (Å²) in [4.78, 5) is 4.25. The quantitative estimate of drug-likeness (QED) is 0.408. The van der Waals surface area contributed by atoms with Crippen LogP contribution in [0.3, 0.4) is 0 Å². The standard InChI is InChI=1S/C23H22N4OS/c1-17-6-3-4-8-21(17)27-22(19-7-5-14-24-16-19)25-26-23(27)29-15-13-18-9-11-20(28-2)12-10-18/h3-12,14,16H,13,15H2,1-2H3. The predicted octanol–water partition coefficient (Wildman–Crippen LogP) is 4.98. The summed E-state index contributed by atoms with van der Waals surface area (Å²) in [5, 5.41) is 9.87. The molecular weight excluding hydrogens is 380 g/mol. The molecule has 0 saturated carbocycles. The highest BCUT2D eigenvalue weighted by atomic mass is 32.2. The van der Waals surface area contributed by atoms with Crippen LogP contribution in [0.15, 0.2) is 78.2 Å². The molecule has 0 fully saturated rings. The van der Waals surface area contributed by atoms with Crippen LogP contribution >= 0.6 is 11.8 Å². The van der Waals surface area contributed by atoms with Crippen LogP contribution in [0.2, 0.25) is 0 Å². The number of aryl methyl sites for hydroxylation is 2. The predicted molar refractivity (Wildman–Crippen MR) is 117 cm³/mol. The molecule has 0 N–H and O–H groups in total. The molecular formula is C23H22N4OS. The molecule has 5 nitrogen and oxygen atoms in total. The van der Waals surface area contributed by atoms with Crippen LogP contribution in [0.25, 0.3) is 17.1 Å². The van der Waals surface area contributed by atoms with Crippen LogP contribution in [0.4, 0.5) is 0 Å². The highest BCUT2D eigenvalue weighted by Gasteiger charge is 2.17. The Morgan fingerprint density at radius 2 is 1.79 bits per heavy atom. The number of rotatable bonds is 7. The van der Waals surface area contributed by atoms with E-state index in [9.17, 15) is 0 Å². The lowest BCUT2D eigenvalue weighted by atomic mass is 10.2. The Bertz CT molecular complexity index is 1080. The summed E-state index contributed by atoms with van der Waals surface area (Å²) >= 11 is 1.71. The number of ether oxygens (including phenoxy) is 1. The van der Waals surface area contributed by atoms with E-state index in [-0.39, 0.29) is 0 Å². The molecule has 4 rings (SSSR count). The Labute approximate surface area is 174 Å². The highest BCUT2D eigenvalue weighted by molar-refractivity contribution is 7.99. The molecule has 0 unspecified atom stereocenters. The fraction of sp³-hybridized carbons (Fsp3) is 0.174. The number of aromatic nitrogens is 4. The van der Waals surface area contributed by atoms with Crippen molar-refractivity contribution in [3.63, 3.8) is 0 Å². The molecule has 146 valence electrons. The zero-order valence-electron chi connectivity index (χ0n) is 16.4. The average molecular weight is 403 g/mol. The summed E-state index contributed by atoms with van der Waals surface area (Å²) in [6, 6.07) is 20.4. The first kappa shape index (κ1) is 19.2. The first-order valence-electron chi connectivity index (χ1n) is 9.44. The Kier molecular flexibility index (Phi) is 5.91. The van der Waals surface area contributed by atoms with E-state index in [1.165, 1.54) is 11.1 Å². The van der Waals surface area contributed by atoms with E-state index in [1.807, 2.05) is 42.6 Å². The Morgan fingerprint density at radius 3 is 2.52 bits per heavy atom. The van der Waals surface area contributed by atoms with Gasteiger partial charge in [-0.2, -0.15) is 0 Å². The number of nitrogens with zero attached hydrogens (tertiary/aromatic N) is 4. The Balaban J connectivity index is 1.61. The summed E-state index contributed by atoms with van der Waals surface area (Å²) in [5.41, 5.74) is 4.48. The van der Waals surface area contributed by atoms with E-state index in [0.717, 1.165) is 40.2 Å². The second kappa shape index (κ2) is 8.92. The largest absolute Gasteiger partial charge is 0.497 e. The monoisotopic (exact) mass is 402 g/mol. The van der Waals surface area contributed by atoms with Crippen LogP contribution in [-0.2, 0) is 6.42 Å². The van der Waals surface area contributed by atoms with Gasteiger partial charge in [-0.25, -0.2) is 0 Å². The molecule has 0 aliphatic heterocycles. The van der Waals surface area contributed by atoms with Crippen molar-refractivity contribution in [1.29, 1.82) is 0 Å². The zero-order valence-corrected chi connectivity index (χ0v) is 17.3. The molecule has 0 bridgehead atoms. The van der Waals surface area contributed by atoms with E-state index >= 15 is 0 Å². The normalized spacial score (nSPS) is 10.8. The van der Waals surface area contributed by atoms with E-state index in [1.54, 1.807) is 25.1 Å². The third-order valence-electron chi connectivity index (χ3n) is 4.69. The molecule has 29 heavy (non-hydrogen) atoms. The molecule has 0 amide bonds. The van der Waals surface area contributed by atoms with Gasteiger partial charge in [-0.1, -0.05) is 42.1 Å². The molecule has 0 saturated heterocycles. The van der Waals surface area contributed by atoms with E-state index in [4.69, 9.17) is 4.74 Å². The first-order valence-corrected chi connectivity index (χ1v) is 10.4. The summed E-state index contributed by atoms with van der Waals surface area (Å²) in [5.74, 6) is 2.59. The summed E-state index contributed by atoms with van der Waals surface area (Å²) in [7, 11) is 1.68. The van der Waals surface area contributed by atoms with Gasteiger partial charge in [-0.15, -0.1) is 10.2 Å². The molecule has 2 aromatic carbocycles. The van der Waals surface area contributed by atoms with Crippen molar-refractivity contribution in [2.75, 3.05) is 12.9 Å². The van der Waals surface area contributed by atoms with Crippen LogP contribution in [0, 0.1) is 6.92 Å². The topological polar surface area (TPSA) is 52.8 Å². The maximum absolute atomic E-state index is 5.23. The van der Waals surface area contributed by atoms with Gasteiger partial charge < -0.3 is 4.74 Å². The lowest BCUT2D eigenvalue weighted by Gasteiger charge is -2.12. The molecule has 0 spiro atoms. The van der Waals surface area contributed by atoms with Gasteiger partial charge in [-0.3, -0.25) is 9.55 Å². The average Bonchev–Trinajstić information content (AvgIpc) is 3.19. The van der Waals surface area contributed by atoms with Gasteiger partial charge in [0.05, 0.1) is 12.8 Å². The number of hydrogen-bond acceptors (Lipinski definition) is 5. The van der Waals surface area contributed by atoms with Crippen molar-refractivity contribution < 1.29 is 4.74 Å². The van der Waals surface area contributed by atoms with Crippen molar-refractivity contribution in [1.82, 2.24) is 19.7 Å². The van der Waals surface area contributed by atoms with Gasteiger partial charge in [0, 0.05) is 23.7 Å². The van der Waals surface area contributed by atoms with Gasteiger partial charge in [0.25, 0.3) is 0 Å². The summed E-state index contributed by atoms with van der Waals surface area (Å²) in [6.07, 6.45) is 4.53. The Hall–Kier alpha value is -3.12. The Morgan fingerprint density at radius 1 is 0.966 bits per heavy atom. The third-order valence-corrected chi connectivity index (χ3v) is 5.62. The smallest absolute Gasteiger partial charge is 0.196 e. The lowest BCUT2D eigenvalue weighted by Crippen LogP contribution is -2.02. The zero-order chi connectivity index (χ0) is 20.1. The van der Waals surface area contributed by atoms with Crippen molar-refractivity contribution in [3.8, 4) is 22.8 Å². The number of methoxy groups -OCH3 is 1. The number of benzene rings is 2. The van der Waals surface area contributed by atoms with Gasteiger partial charge in [0.2, 0.25) is 0 Å². The number of para-hydroxylation sites is 1. The van der Waals surface area contributed by atoms with Gasteiger partial charge in [-0.05, 0) is 54.8 Å². The van der Waals surface area contributed by atoms with E-state index in [2.05, 4.69) is 50.9 Å². The van der Waals surface area contributed by atoms with Crippen molar-refractivity contribution in [2.24, 2.45) is 0 Å². The molecule has 0 aliphatic carbocycles. The minimum atomic E-state index is 0.805. The minimum Gasteiger partial charge on any atom is -0.497 e. The van der Waals surface area contributed by atoms with Crippen LogP contribution in [0.1, 0.15) is 11.1 Å². The van der Waals surface area contributed by atoms with E-state index in [0.29, 0.717) is 0 Å². The molecule has 0 radical (unpaired) electrons. The molecule has 2 heterocycles.